The highest BCUT2D eigenvalue weighted by Gasteiger charge is 2.12. The monoisotopic (exact) mass is 375 g/mol. The van der Waals surface area contributed by atoms with Gasteiger partial charge >= 0.3 is 0 Å². The number of rotatable bonds is 7. The molecule has 0 radical (unpaired) electrons. The van der Waals surface area contributed by atoms with Gasteiger partial charge in [0.15, 0.2) is 11.5 Å². The topological polar surface area (TPSA) is 56.3 Å². The molecule has 1 heterocycles. The van der Waals surface area contributed by atoms with Crippen molar-refractivity contribution < 1.29 is 13.9 Å². The van der Waals surface area contributed by atoms with Crippen molar-refractivity contribution in [3.63, 3.8) is 0 Å². The Morgan fingerprint density at radius 2 is 2.00 bits per heavy atom. The van der Waals surface area contributed by atoms with Gasteiger partial charge in [-0.15, -0.1) is 0 Å². The number of unbranched alkanes of at least 4 members (excludes halogenated alkanes) is 1. The fourth-order valence-corrected chi connectivity index (χ4v) is 2.65. The molecule has 2 aromatic carbocycles. The third kappa shape index (κ3) is 3.96. The smallest absolute Gasteiger partial charge is 0.162 e. The molecule has 3 aromatic rings. The molecule has 7 heteroatoms. The van der Waals surface area contributed by atoms with E-state index in [1.54, 1.807) is 19.2 Å². The van der Waals surface area contributed by atoms with Crippen LogP contribution in [0.2, 0.25) is 5.02 Å². The van der Waals surface area contributed by atoms with Crippen LogP contribution in [-0.2, 0) is 0 Å². The minimum atomic E-state index is -0.471. The quantitative estimate of drug-likeness (QED) is 0.564. The zero-order valence-electron chi connectivity index (χ0n) is 14.6. The van der Waals surface area contributed by atoms with Gasteiger partial charge in [-0.2, -0.15) is 0 Å². The molecule has 0 aliphatic rings. The maximum atomic E-state index is 13.4. The lowest BCUT2D eigenvalue weighted by molar-refractivity contribution is 0.289. The molecule has 3 rings (SSSR count). The molecular formula is C19H19ClFN3O2. The summed E-state index contributed by atoms with van der Waals surface area (Å²) in [7, 11) is 1.59. The molecule has 0 atom stereocenters. The molecular weight excluding hydrogens is 357 g/mol. The molecule has 1 aromatic heterocycles. The van der Waals surface area contributed by atoms with Crippen molar-refractivity contribution in [3.05, 3.63) is 47.5 Å². The number of nitrogens with zero attached hydrogens (tertiary/aromatic N) is 2. The zero-order valence-corrected chi connectivity index (χ0v) is 15.3. The minimum absolute atomic E-state index is 0.0404. The van der Waals surface area contributed by atoms with Gasteiger partial charge in [0.25, 0.3) is 0 Å². The lowest BCUT2D eigenvalue weighted by atomic mass is 10.2. The number of aromatic nitrogens is 2. The Bertz CT molecular complexity index is 921. The molecule has 0 aliphatic heterocycles. The van der Waals surface area contributed by atoms with Gasteiger partial charge in [-0.25, -0.2) is 14.4 Å². The Morgan fingerprint density at radius 1 is 1.15 bits per heavy atom. The third-order valence-corrected chi connectivity index (χ3v) is 4.15. The summed E-state index contributed by atoms with van der Waals surface area (Å²) in [5.41, 5.74) is 1.33. The number of hydrogen-bond acceptors (Lipinski definition) is 5. The Hall–Kier alpha value is -2.60. The van der Waals surface area contributed by atoms with Gasteiger partial charge in [0.2, 0.25) is 0 Å². The molecule has 0 aliphatic carbocycles. The van der Waals surface area contributed by atoms with Crippen molar-refractivity contribution >= 4 is 34.0 Å². The van der Waals surface area contributed by atoms with Gasteiger partial charge in [0.05, 0.1) is 24.3 Å². The second kappa shape index (κ2) is 8.19. The predicted molar refractivity (Wildman–Crippen MR) is 101 cm³/mol. The van der Waals surface area contributed by atoms with Crippen molar-refractivity contribution in [2.24, 2.45) is 0 Å². The average molecular weight is 376 g/mol. The first-order chi connectivity index (χ1) is 12.6. The van der Waals surface area contributed by atoms with E-state index in [4.69, 9.17) is 21.1 Å². The van der Waals surface area contributed by atoms with Crippen LogP contribution in [0.4, 0.5) is 15.9 Å². The minimum Gasteiger partial charge on any atom is -0.493 e. The van der Waals surface area contributed by atoms with Gasteiger partial charge in [-0.05, 0) is 30.7 Å². The average Bonchev–Trinajstić information content (AvgIpc) is 2.65. The van der Waals surface area contributed by atoms with Gasteiger partial charge in [-0.3, -0.25) is 0 Å². The summed E-state index contributed by atoms with van der Waals surface area (Å²) in [5, 5.41) is 3.95. The highest BCUT2D eigenvalue weighted by molar-refractivity contribution is 6.31. The summed E-state index contributed by atoms with van der Waals surface area (Å²) in [6.07, 6.45) is 3.44. The number of ether oxygens (including phenoxy) is 2. The van der Waals surface area contributed by atoms with Crippen LogP contribution in [0.3, 0.4) is 0 Å². The van der Waals surface area contributed by atoms with Crippen LogP contribution < -0.4 is 14.8 Å². The van der Waals surface area contributed by atoms with Crippen LogP contribution in [0.5, 0.6) is 11.5 Å². The lowest BCUT2D eigenvalue weighted by Crippen LogP contribution is -2.01. The van der Waals surface area contributed by atoms with Crippen LogP contribution in [0.1, 0.15) is 19.8 Å². The van der Waals surface area contributed by atoms with Crippen molar-refractivity contribution in [2.75, 3.05) is 19.0 Å². The van der Waals surface area contributed by atoms with E-state index in [0.29, 0.717) is 35.1 Å². The van der Waals surface area contributed by atoms with E-state index in [1.165, 1.54) is 18.5 Å². The Labute approximate surface area is 156 Å². The van der Waals surface area contributed by atoms with Crippen LogP contribution >= 0.6 is 11.6 Å². The van der Waals surface area contributed by atoms with E-state index in [9.17, 15) is 4.39 Å². The number of fused-ring (bicyclic) bond motifs is 1. The van der Waals surface area contributed by atoms with Gasteiger partial charge in [0.1, 0.15) is 18.0 Å². The Kier molecular flexibility index (Phi) is 5.73. The van der Waals surface area contributed by atoms with E-state index < -0.39 is 5.82 Å². The van der Waals surface area contributed by atoms with Crippen LogP contribution in [-0.4, -0.2) is 23.7 Å². The molecule has 5 nitrogen and oxygen atoms in total. The number of benzene rings is 2. The first-order valence-corrected chi connectivity index (χ1v) is 8.67. The number of anilines is 2. The maximum absolute atomic E-state index is 13.4. The standard InChI is InChI=1S/C19H19ClFN3O2/c1-3-4-7-26-18-9-13-16(10-17(18)25-2)22-11-23-19(13)24-12-5-6-15(21)14(20)8-12/h5-6,8-11H,3-4,7H2,1-2H3,(H,22,23,24). The molecule has 136 valence electrons. The fourth-order valence-electron chi connectivity index (χ4n) is 2.47. The first kappa shape index (κ1) is 18.2. The number of methoxy groups -OCH3 is 1. The number of halogens is 2. The Balaban J connectivity index is 1.99. The molecule has 1 N–H and O–H groups in total. The zero-order chi connectivity index (χ0) is 18.5. The van der Waals surface area contributed by atoms with E-state index in [2.05, 4.69) is 22.2 Å². The van der Waals surface area contributed by atoms with Gasteiger partial charge in [0, 0.05) is 17.1 Å². The highest BCUT2D eigenvalue weighted by Crippen LogP contribution is 2.35. The molecule has 0 fully saturated rings. The summed E-state index contributed by atoms with van der Waals surface area (Å²) in [5.74, 6) is 1.34. The predicted octanol–water partition coefficient (Wildman–Crippen LogP) is 5.35. The maximum Gasteiger partial charge on any atom is 0.162 e. The van der Waals surface area contributed by atoms with Gasteiger partial charge in [-0.1, -0.05) is 24.9 Å². The summed E-state index contributed by atoms with van der Waals surface area (Å²) < 4.78 is 24.6. The second-order valence-electron chi connectivity index (χ2n) is 5.70. The summed E-state index contributed by atoms with van der Waals surface area (Å²) in [6, 6.07) is 8.05. The van der Waals surface area contributed by atoms with Crippen LogP contribution in [0.15, 0.2) is 36.7 Å². The molecule has 0 unspecified atom stereocenters. The third-order valence-electron chi connectivity index (χ3n) is 3.86. The SMILES string of the molecule is CCCCOc1cc2c(Nc3ccc(F)c(Cl)c3)ncnc2cc1OC. The normalized spacial score (nSPS) is 10.8. The largest absolute Gasteiger partial charge is 0.493 e. The summed E-state index contributed by atoms with van der Waals surface area (Å²) in [6.45, 7) is 2.70. The highest BCUT2D eigenvalue weighted by atomic mass is 35.5. The fraction of sp³-hybridized carbons (Fsp3) is 0.263. The van der Waals surface area contributed by atoms with E-state index in [1.807, 2.05) is 6.07 Å². The van der Waals surface area contributed by atoms with E-state index >= 15 is 0 Å². The molecule has 0 amide bonds. The summed E-state index contributed by atoms with van der Waals surface area (Å²) in [4.78, 5) is 8.58. The van der Waals surface area contributed by atoms with Crippen LogP contribution in [0.25, 0.3) is 10.9 Å². The van der Waals surface area contributed by atoms with E-state index in [0.717, 1.165) is 18.2 Å². The molecule has 26 heavy (non-hydrogen) atoms. The molecule has 0 saturated carbocycles. The molecule has 0 bridgehead atoms. The Morgan fingerprint density at radius 3 is 2.73 bits per heavy atom. The lowest BCUT2D eigenvalue weighted by Gasteiger charge is -2.14. The van der Waals surface area contributed by atoms with E-state index in [-0.39, 0.29) is 5.02 Å². The van der Waals surface area contributed by atoms with Crippen molar-refractivity contribution in [2.45, 2.75) is 19.8 Å². The summed E-state index contributed by atoms with van der Waals surface area (Å²) >= 11 is 5.85. The van der Waals surface area contributed by atoms with Crippen molar-refractivity contribution in [3.8, 4) is 11.5 Å². The molecule has 0 saturated heterocycles. The number of nitrogens with one attached hydrogen (secondary N) is 1. The van der Waals surface area contributed by atoms with Crippen LogP contribution in [0, 0.1) is 5.82 Å². The first-order valence-electron chi connectivity index (χ1n) is 8.30. The van der Waals surface area contributed by atoms with Crippen molar-refractivity contribution in [1.29, 1.82) is 0 Å². The molecule has 0 spiro atoms. The van der Waals surface area contributed by atoms with Crippen molar-refractivity contribution in [1.82, 2.24) is 9.97 Å². The second-order valence-corrected chi connectivity index (χ2v) is 6.11. The van der Waals surface area contributed by atoms with Gasteiger partial charge < -0.3 is 14.8 Å². The number of hydrogen-bond donors (Lipinski definition) is 1.